The van der Waals surface area contributed by atoms with E-state index in [0.29, 0.717) is 0 Å². The fraction of sp³-hybridized carbons (Fsp3) is 0.889. The molecule has 2 saturated heterocycles. The summed E-state index contributed by atoms with van der Waals surface area (Å²) in [5, 5.41) is 8.81. The molecule has 0 aromatic rings. The summed E-state index contributed by atoms with van der Waals surface area (Å²) in [6.07, 6.45) is 0.842. The molecular weight excluding hydrogens is 186 g/mol. The first-order valence-corrected chi connectivity index (χ1v) is 5.94. The zero-order valence-corrected chi connectivity index (χ0v) is 8.42. The van der Waals surface area contributed by atoms with E-state index >= 15 is 0 Å². The van der Waals surface area contributed by atoms with Crippen molar-refractivity contribution < 1.29 is 9.90 Å². The van der Waals surface area contributed by atoms with Gasteiger partial charge in [-0.1, -0.05) is 0 Å². The van der Waals surface area contributed by atoms with Crippen molar-refractivity contribution in [1.29, 1.82) is 0 Å². The summed E-state index contributed by atoms with van der Waals surface area (Å²) in [5.41, 5.74) is 0. The predicted molar refractivity (Wildman–Crippen MR) is 53.0 cm³/mol. The minimum Gasteiger partial charge on any atom is -0.481 e. The number of carboxylic acids is 1. The molecule has 2 heterocycles. The van der Waals surface area contributed by atoms with E-state index in [0.717, 1.165) is 32.0 Å². The van der Waals surface area contributed by atoms with Crippen LogP contribution in [0.5, 0.6) is 0 Å². The Balaban J connectivity index is 1.74. The highest BCUT2D eigenvalue weighted by atomic mass is 32.2. The molecule has 0 aliphatic carbocycles. The Labute approximate surface area is 82.5 Å². The van der Waals surface area contributed by atoms with Crippen LogP contribution in [0.2, 0.25) is 0 Å². The lowest BCUT2D eigenvalue weighted by Gasteiger charge is -2.29. The van der Waals surface area contributed by atoms with E-state index in [4.69, 9.17) is 5.11 Å². The molecule has 13 heavy (non-hydrogen) atoms. The first kappa shape index (κ1) is 9.34. The zero-order valence-electron chi connectivity index (χ0n) is 7.61. The van der Waals surface area contributed by atoms with Gasteiger partial charge in [0.15, 0.2) is 0 Å². The third kappa shape index (κ3) is 2.17. The average Bonchev–Trinajstić information content (AvgIpc) is 2.44. The van der Waals surface area contributed by atoms with E-state index in [9.17, 15) is 4.79 Å². The molecule has 2 aliphatic rings. The molecule has 0 amide bonds. The molecule has 2 aliphatic heterocycles. The molecule has 2 fully saturated rings. The van der Waals surface area contributed by atoms with Gasteiger partial charge in [-0.3, -0.25) is 4.79 Å². The quantitative estimate of drug-likeness (QED) is 0.731. The van der Waals surface area contributed by atoms with Gasteiger partial charge in [0, 0.05) is 13.1 Å². The minimum atomic E-state index is -0.620. The topological polar surface area (TPSA) is 40.5 Å². The highest BCUT2D eigenvalue weighted by Gasteiger charge is 2.30. The summed E-state index contributed by atoms with van der Waals surface area (Å²) < 4.78 is 0. The number of aliphatic carboxylic acids is 1. The molecule has 0 aromatic heterocycles. The zero-order chi connectivity index (χ0) is 9.26. The van der Waals surface area contributed by atoms with Crippen LogP contribution in [0.3, 0.4) is 0 Å². The monoisotopic (exact) mass is 201 g/mol. The maximum Gasteiger partial charge on any atom is 0.307 e. The van der Waals surface area contributed by atoms with Crippen molar-refractivity contribution in [3.05, 3.63) is 0 Å². The van der Waals surface area contributed by atoms with Crippen molar-refractivity contribution in [2.45, 2.75) is 6.42 Å². The fourth-order valence-corrected chi connectivity index (χ4v) is 2.73. The summed E-state index contributed by atoms with van der Waals surface area (Å²) in [6, 6.07) is 0. The number of rotatable bonds is 3. The van der Waals surface area contributed by atoms with Crippen LogP contribution in [-0.4, -0.2) is 47.1 Å². The highest BCUT2D eigenvalue weighted by molar-refractivity contribution is 8.00. The van der Waals surface area contributed by atoms with Crippen molar-refractivity contribution in [3.63, 3.8) is 0 Å². The second-order valence-corrected chi connectivity index (χ2v) is 5.06. The standard InChI is InChI=1S/C9H15NO2S/c11-9(12)8-1-2-10(4-8)3-7-5-13-6-7/h7-8H,1-6H2,(H,11,12). The Kier molecular flexibility index (Phi) is 2.79. The largest absolute Gasteiger partial charge is 0.481 e. The Bertz CT molecular complexity index is 206. The van der Waals surface area contributed by atoms with Gasteiger partial charge < -0.3 is 10.0 Å². The lowest BCUT2D eigenvalue weighted by atomic mass is 10.1. The van der Waals surface area contributed by atoms with Crippen molar-refractivity contribution in [2.75, 3.05) is 31.1 Å². The average molecular weight is 201 g/mol. The van der Waals surface area contributed by atoms with Crippen molar-refractivity contribution in [2.24, 2.45) is 11.8 Å². The number of nitrogens with zero attached hydrogens (tertiary/aromatic N) is 1. The van der Waals surface area contributed by atoms with E-state index in [2.05, 4.69) is 4.90 Å². The van der Waals surface area contributed by atoms with Crippen molar-refractivity contribution in [3.8, 4) is 0 Å². The molecular formula is C9H15NO2S. The van der Waals surface area contributed by atoms with E-state index in [1.54, 1.807) is 0 Å². The molecule has 1 unspecified atom stereocenters. The smallest absolute Gasteiger partial charge is 0.307 e. The molecule has 0 bridgehead atoms. The van der Waals surface area contributed by atoms with Crippen molar-refractivity contribution in [1.82, 2.24) is 4.90 Å². The number of likely N-dealkylation sites (tertiary alicyclic amines) is 1. The fourth-order valence-electron chi connectivity index (χ4n) is 1.96. The highest BCUT2D eigenvalue weighted by Crippen LogP contribution is 2.27. The van der Waals surface area contributed by atoms with Crippen LogP contribution in [0.15, 0.2) is 0 Å². The Hall–Kier alpha value is -0.220. The number of hydrogen-bond acceptors (Lipinski definition) is 3. The van der Waals surface area contributed by atoms with E-state index in [-0.39, 0.29) is 5.92 Å². The molecule has 2 rings (SSSR count). The molecule has 0 aromatic carbocycles. The van der Waals surface area contributed by atoms with Crippen LogP contribution in [0.4, 0.5) is 0 Å². The normalized spacial score (nSPS) is 30.3. The molecule has 1 N–H and O–H groups in total. The van der Waals surface area contributed by atoms with Gasteiger partial charge >= 0.3 is 5.97 Å². The third-order valence-electron chi connectivity index (χ3n) is 2.85. The van der Waals surface area contributed by atoms with Gasteiger partial charge in [-0.15, -0.1) is 0 Å². The van der Waals surface area contributed by atoms with Crippen LogP contribution in [0.1, 0.15) is 6.42 Å². The SMILES string of the molecule is O=C(O)C1CCN(CC2CSC2)C1. The molecule has 3 nitrogen and oxygen atoms in total. The summed E-state index contributed by atoms with van der Waals surface area (Å²) in [6.45, 7) is 2.88. The summed E-state index contributed by atoms with van der Waals surface area (Å²) in [7, 11) is 0. The van der Waals surface area contributed by atoms with Gasteiger partial charge in [0.2, 0.25) is 0 Å². The lowest BCUT2D eigenvalue weighted by Crippen LogP contribution is -2.34. The predicted octanol–water partition coefficient (Wildman–Crippen LogP) is 0.756. The van der Waals surface area contributed by atoms with E-state index in [1.165, 1.54) is 11.5 Å². The summed E-state index contributed by atoms with van der Waals surface area (Å²) in [5.74, 6) is 2.65. The van der Waals surface area contributed by atoms with E-state index in [1.807, 2.05) is 11.8 Å². The summed E-state index contributed by atoms with van der Waals surface area (Å²) in [4.78, 5) is 13.0. The van der Waals surface area contributed by atoms with Gasteiger partial charge in [0.05, 0.1) is 5.92 Å². The first-order valence-electron chi connectivity index (χ1n) is 4.78. The second-order valence-electron chi connectivity index (χ2n) is 3.99. The van der Waals surface area contributed by atoms with Crippen LogP contribution in [0.25, 0.3) is 0 Å². The molecule has 0 saturated carbocycles. The Morgan fingerprint density at radius 2 is 2.31 bits per heavy atom. The van der Waals surface area contributed by atoms with E-state index < -0.39 is 5.97 Å². The van der Waals surface area contributed by atoms with Gasteiger partial charge in [0.25, 0.3) is 0 Å². The lowest BCUT2D eigenvalue weighted by molar-refractivity contribution is -0.141. The number of carbonyl (C=O) groups is 1. The molecule has 74 valence electrons. The number of carboxylic acid groups (broad SMARTS) is 1. The van der Waals surface area contributed by atoms with Crippen LogP contribution >= 0.6 is 11.8 Å². The van der Waals surface area contributed by atoms with Crippen LogP contribution < -0.4 is 0 Å². The van der Waals surface area contributed by atoms with Gasteiger partial charge in [-0.2, -0.15) is 11.8 Å². The maximum absolute atomic E-state index is 10.7. The van der Waals surface area contributed by atoms with Gasteiger partial charge in [0.1, 0.15) is 0 Å². The molecule has 0 radical (unpaired) electrons. The number of hydrogen-bond donors (Lipinski definition) is 1. The molecule has 0 spiro atoms. The Morgan fingerprint density at radius 3 is 2.77 bits per heavy atom. The first-order chi connectivity index (χ1) is 6.25. The maximum atomic E-state index is 10.7. The molecule has 1 atom stereocenters. The summed E-state index contributed by atoms with van der Waals surface area (Å²) >= 11 is 1.99. The van der Waals surface area contributed by atoms with Crippen LogP contribution in [0, 0.1) is 11.8 Å². The Morgan fingerprint density at radius 1 is 1.54 bits per heavy atom. The van der Waals surface area contributed by atoms with Gasteiger partial charge in [-0.25, -0.2) is 0 Å². The second kappa shape index (κ2) is 3.88. The third-order valence-corrected chi connectivity index (χ3v) is 4.26. The van der Waals surface area contributed by atoms with Crippen LogP contribution in [-0.2, 0) is 4.79 Å². The minimum absolute atomic E-state index is 0.104. The molecule has 4 heteroatoms. The number of thioether (sulfide) groups is 1. The van der Waals surface area contributed by atoms with Crippen molar-refractivity contribution >= 4 is 17.7 Å². The van der Waals surface area contributed by atoms with Gasteiger partial charge in [-0.05, 0) is 30.4 Å².